The summed E-state index contributed by atoms with van der Waals surface area (Å²) in [5.74, 6) is -0.260. The summed E-state index contributed by atoms with van der Waals surface area (Å²) in [5, 5.41) is 5.19. The van der Waals surface area contributed by atoms with E-state index >= 15 is 0 Å². The maximum absolute atomic E-state index is 13.2. The lowest BCUT2D eigenvalue weighted by Crippen LogP contribution is -2.43. The third-order valence-corrected chi connectivity index (χ3v) is 5.87. The van der Waals surface area contributed by atoms with Crippen molar-refractivity contribution in [2.75, 3.05) is 19.7 Å². The molecule has 4 aromatic rings. The predicted molar refractivity (Wildman–Crippen MR) is 111 cm³/mol. The molecule has 3 heterocycles. The smallest absolute Gasteiger partial charge is 0.194 e. The Morgan fingerprint density at radius 1 is 1.14 bits per heavy atom. The predicted octanol–water partition coefficient (Wildman–Crippen LogP) is 4.04. The summed E-state index contributed by atoms with van der Waals surface area (Å²) < 4.78 is 20.8. The van der Waals surface area contributed by atoms with E-state index in [9.17, 15) is 9.18 Å². The van der Waals surface area contributed by atoms with Crippen molar-refractivity contribution in [3.63, 3.8) is 0 Å². The average Bonchev–Trinajstić information content (AvgIpc) is 3.36. The van der Waals surface area contributed by atoms with Gasteiger partial charge in [0, 0.05) is 35.8 Å². The molecule has 1 aliphatic heterocycles. The van der Waals surface area contributed by atoms with Crippen molar-refractivity contribution < 1.29 is 13.9 Å². The van der Waals surface area contributed by atoms with Crippen LogP contribution in [0.4, 0.5) is 4.39 Å². The molecule has 0 bridgehead atoms. The molecule has 1 atom stereocenters. The number of benzene rings is 2. The van der Waals surface area contributed by atoms with Crippen molar-refractivity contribution >= 4 is 22.1 Å². The van der Waals surface area contributed by atoms with Gasteiger partial charge in [0.05, 0.1) is 18.0 Å². The Bertz CT molecular complexity index is 1160. The molecule has 5 rings (SSSR count). The molecular weight excluding hydrogens is 389 g/mol. The third kappa shape index (κ3) is 3.48. The summed E-state index contributed by atoms with van der Waals surface area (Å²) in [6.45, 7) is 1.88. The lowest BCUT2D eigenvalue weighted by molar-refractivity contribution is 0.0269. The van der Waals surface area contributed by atoms with Crippen LogP contribution in [-0.2, 0) is 4.74 Å². The van der Waals surface area contributed by atoms with Gasteiger partial charge >= 0.3 is 0 Å². The number of imidazole rings is 1. The first-order chi connectivity index (χ1) is 14.2. The number of nitrogens with zero attached hydrogens (tertiary/aromatic N) is 2. The zero-order valence-electron chi connectivity index (χ0n) is 15.5. The number of thiazole rings is 1. The molecule has 1 unspecified atom stereocenters. The lowest BCUT2D eigenvalue weighted by Gasteiger charge is -2.22. The maximum atomic E-state index is 13.2. The Hall–Kier alpha value is -2.87. The van der Waals surface area contributed by atoms with Crippen molar-refractivity contribution in [2.45, 2.75) is 6.10 Å². The zero-order valence-corrected chi connectivity index (χ0v) is 16.3. The van der Waals surface area contributed by atoms with Crippen molar-refractivity contribution in [1.29, 1.82) is 0 Å². The molecule has 1 N–H and O–H groups in total. The van der Waals surface area contributed by atoms with E-state index in [2.05, 4.69) is 5.32 Å². The number of halogens is 1. The van der Waals surface area contributed by atoms with E-state index < -0.39 is 6.10 Å². The summed E-state index contributed by atoms with van der Waals surface area (Å²) >= 11 is 1.54. The maximum Gasteiger partial charge on any atom is 0.194 e. The number of fused-ring (bicyclic) bond motifs is 1. The second kappa shape index (κ2) is 7.51. The van der Waals surface area contributed by atoms with Crippen molar-refractivity contribution in [3.8, 4) is 22.5 Å². The van der Waals surface area contributed by atoms with Crippen molar-refractivity contribution in [1.82, 2.24) is 14.7 Å². The van der Waals surface area contributed by atoms with Gasteiger partial charge in [0.15, 0.2) is 10.7 Å². The molecule has 5 nitrogen and oxygen atoms in total. The molecule has 1 fully saturated rings. The molecule has 0 aliphatic carbocycles. The van der Waals surface area contributed by atoms with Crippen molar-refractivity contribution in [2.24, 2.45) is 0 Å². The van der Waals surface area contributed by atoms with Gasteiger partial charge < -0.3 is 10.1 Å². The van der Waals surface area contributed by atoms with E-state index in [1.807, 2.05) is 40.2 Å². The van der Waals surface area contributed by atoms with Gasteiger partial charge in [-0.15, -0.1) is 11.3 Å². The monoisotopic (exact) mass is 407 g/mol. The summed E-state index contributed by atoms with van der Waals surface area (Å²) in [6, 6.07) is 13.9. The Labute approximate surface area is 170 Å². The minimum absolute atomic E-state index is 0.00632. The topological polar surface area (TPSA) is 55.6 Å². The number of Topliss-reactive ketones (excluding diaryl/α,β-unsaturated/α-hetero) is 1. The number of nitrogens with one attached hydrogen (secondary N) is 1. The number of carbonyl (C=O) groups excluding carboxylic acids is 1. The van der Waals surface area contributed by atoms with E-state index in [0.717, 1.165) is 34.0 Å². The molecule has 0 saturated carbocycles. The quantitative estimate of drug-likeness (QED) is 0.519. The Morgan fingerprint density at radius 2 is 1.90 bits per heavy atom. The van der Waals surface area contributed by atoms with Crippen LogP contribution in [0.25, 0.3) is 27.5 Å². The minimum atomic E-state index is -0.425. The Kier molecular flexibility index (Phi) is 4.71. The van der Waals surface area contributed by atoms with Gasteiger partial charge in [-0.3, -0.25) is 9.20 Å². The largest absolute Gasteiger partial charge is 0.367 e. The summed E-state index contributed by atoms with van der Waals surface area (Å²) in [5.41, 5.74) is 4.30. The number of hydrogen-bond donors (Lipinski definition) is 1. The van der Waals surface area contributed by atoms with Crippen LogP contribution in [0.3, 0.4) is 0 Å². The van der Waals surface area contributed by atoms with Crippen LogP contribution in [0.2, 0.25) is 0 Å². The molecule has 1 aliphatic rings. The molecule has 1 saturated heterocycles. The number of rotatable bonds is 4. The van der Waals surface area contributed by atoms with E-state index in [4.69, 9.17) is 9.72 Å². The van der Waals surface area contributed by atoms with E-state index in [1.54, 1.807) is 12.1 Å². The van der Waals surface area contributed by atoms with Crippen LogP contribution in [0.1, 0.15) is 10.4 Å². The van der Waals surface area contributed by atoms with Crippen LogP contribution >= 0.6 is 11.3 Å². The molecule has 0 amide bonds. The van der Waals surface area contributed by atoms with Gasteiger partial charge in [-0.25, -0.2) is 9.37 Å². The van der Waals surface area contributed by atoms with Gasteiger partial charge in [0.2, 0.25) is 0 Å². The number of ether oxygens (including phenoxy) is 1. The number of hydrogen-bond acceptors (Lipinski definition) is 5. The van der Waals surface area contributed by atoms with Crippen LogP contribution in [0, 0.1) is 5.82 Å². The summed E-state index contributed by atoms with van der Waals surface area (Å²) in [6.07, 6.45) is 1.54. The highest BCUT2D eigenvalue weighted by atomic mass is 32.1. The Morgan fingerprint density at radius 3 is 2.62 bits per heavy atom. The van der Waals surface area contributed by atoms with Gasteiger partial charge in [0.1, 0.15) is 11.9 Å². The number of carbonyl (C=O) groups is 1. The lowest BCUT2D eigenvalue weighted by atomic mass is 10.0. The van der Waals surface area contributed by atoms with Crippen LogP contribution in [0.5, 0.6) is 0 Å². The van der Waals surface area contributed by atoms with Crippen LogP contribution < -0.4 is 5.32 Å². The molecule has 7 heteroatoms. The first-order valence-electron chi connectivity index (χ1n) is 9.38. The molecule has 146 valence electrons. The highest BCUT2D eigenvalue weighted by molar-refractivity contribution is 7.15. The van der Waals surface area contributed by atoms with Crippen LogP contribution in [-0.4, -0.2) is 41.0 Å². The van der Waals surface area contributed by atoms with Gasteiger partial charge in [-0.2, -0.15) is 0 Å². The molecule has 29 heavy (non-hydrogen) atoms. The number of ketones is 1. The standard InChI is InChI=1S/C22H18FN3O2S/c23-17-7-5-15(6-8-17)19-13-29-22-25-18(12-26(19)22)14-1-3-16(4-2-14)21(27)20-11-24-9-10-28-20/h1-8,12-13,20,24H,9-11H2. The van der Waals surface area contributed by atoms with E-state index in [1.165, 1.54) is 23.5 Å². The Balaban J connectivity index is 1.42. The first-order valence-corrected chi connectivity index (χ1v) is 10.3. The third-order valence-electron chi connectivity index (χ3n) is 5.03. The fourth-order valence-electron chi connectivity index (χ4n) is 3.48. The molecule has 0 radical (unpaired) electrons. The molecular formula is C22H18FN3O2S. The number of aromatic nitrogens is 2. The normalized spacial score (nSPS) is 16.9. The van der Waals surface area contributed by atoms with E-state index in [0.29, 0.717) is 18.7 Å². The fourth-order valence-corrected chi connectivity index (χ4v) is 4.36. The van der Waals surface area contributed by atoms with E-state index in [-0.39, 0.29) is 11.6 Å². The van der Waals surface area contributed by atoms with Gasteiger partial charge in [-0.05, 0) is 29.8 Å². The summed E-state index contributed by atoms with van der Waals surface area (Å²) in [4.78, 5) is 18.1. The summed E-state index contributed by atoms with van der Waals surface area (Å²) in [7, 11) is 0. The second-order valence-electron chi connectivity index (χ2n) is 6.91. The highest BCUT2D eigenvalue weighted by Gasteiger charge is 2.23. The second-order valence-corrected chi connectivity index (χ2v) is 7.75. The highest BCUT2D eigenvalue weighted by Crippen LogP contribution is 2.29. The minimum Gasteiger partial charge on any atom is -0.367 e. The average molecular weight is 407 g/mol. The molecule has 0 spiro atoms. The fraction of sp³-hybridized carbons (Fsp3) is 0.182. The zero-order chi connectivity index (χ0) is 19.8. The van der Waals surface area contributed by atoms with Gasteiger partial charge in [0.25, 0.3) is 0 Å². The SMILES string of the molecule is O=C(c1ccc(-c2cn3c(-c4ccc(F)cc4)csc3n2)cc1)C1CNCCO1. The number of morpholine rings is 1. The molecule has 2 aromatic carbocycles. The molecule has 2 aromatic heterocycles. The van der Waals surface area contributed by atoms with Crippen molar-refractivity contribution in [3.05, 3.63) is 71.5 Å². The van der Waals surface area contributed by atoms with Crippen LogP contribution in [0.15, 0.2) is 60.1 Å². The van der Waals surface area contributed by atoms with Gasteiger partial charge in [-0.1, -0.05) is 24.3 Å². The first kappa shape index (κ1) is 18.2.